The summed E-state index contributed by atoms with van der Waals surface area (Å²) >= 11 is 0. The van der Waals surface area contributed by atoms with E-state index in [4.69, 9.17) is 0 Å². The molecular formula is C17H23N3O3S. The molecule has 2 aromatic rings. The molecule has 0 radical (unpaired) electrons. The number of carbonyl (C=O) groups excluding carboxylic acids is 1. The van der Waals surface area contributed by atoms with Crippen molar-refractivity contribution in [3.63, 3.8) is 0 Å². The molecule has 24 heavy (non-hydrogen) atoms. The van der Waals surface area contributed by atoms with E-state index in [9.17, 15) is 13.2 Å². The third-order valence-electron chi connectivity index (χ3n) is 4.53. The molecule has 1 fully saturated rings. The summed E-state index contributed by atoms with van der Waals surface area (Å²) < 4.78 is 26.3. The lowest BCUT2D eigenvalue weighted by Crippen LogP contribution is -2.35. The van der Waals surface area contributed by atoms with Crippen molar-refractivity contribution in [2.45, 2.75) is 44.3 Å². The van der Waals surface area contributed by atoms with Gasteiger partial charge in [-0.25, -0.2) is 13.4 Å². The van der Waals surface area contributed by atoms with E-state index in [0.717, 1.165) is 38.8 Å². The van der Waals surface area contributed by atoms with Crippen LogP contribution in [0.2, 0.25) is 0 Å². The Balaban J connectivity index is 1.98. The maximum absolute atomic E-state index is 12.7. The van der Waals surface area contributed by atoms with Crippen LogP contribution in [-0.4, -0.2) is 47.6 Å². The predicted octanol–water partition coefficient (Wildman–Crippen LogP) is 2.23. The first-order valence-electron chi connectivity index (χ1n) is 8.48. The minimum absolute atomic E-state index is 0.00521. The highest BCUT2D eigenvalue weighted by Crippen LogP contribution is 2.21. The van der Waals surface area contributed by atoms with Gasteiger partial charge in [0.25, 0.3) is 0 Å². The van der Waals surface area contributed by atoms with E-state index in [0.29, 0.717) is 11.0 Å². The number of hydrogen-bond acceptors (Lipinski definition) is 4. The quantitative estimate of drug-likeness (QED) is 0.848. The van der Waals surface area contributed by atoms with Crippen molar-refractivity contribution in [1.29, 1.82) is 0 Å². The van der Waals surface area contributed by atoms with E-state index in [1.54, 1.807) is 17.6 Å². The normalized spacial score (nSPS) is 16.3. The first kappa shape index (κ1) is 17.0. The first-order chi connectivity index (χ1) is 11.5. The van der Waals surface area contributed by atoms with Crippen molar-refractivity contribution in [2.24, 2.45) is 0 Å². The number of hydrogen-bond donors (Lipinski definition) is 0. The molecule has 1 aromatic carbocycles. The number of amides is 1. The highest BCUT2D eigenvalue weighted by molar-refractivity contribution is 7.91. The van der Waals surface area contributed by atoms with Gasteiger partial charge in [-0.2, -0.15) is 0 Å². The Kier molecular flexibility index (Phi) is 4.89. The maximum atomic E-state index is 12.7. The standard InChI is InChI=1S/C17H23N3O3S/c1-2-24(22,23)17-18-14-9-5-6-10-15(14)20(17)13-16(21)19-11-7-3-4-8-12-19/h5-6,9-10H,2-4,7-8,11-13H2,1H3. The Labute approximate surface area is 142 Å². The highest BCUT2D eigenvalue weighted by atomic mass is 32.2. The number of nitrogens with zero attached hydrogens (tertiary/aromatic N) is 3. The van der Waals surface area contributed by atoms with Crippen molar-refractivity contribution in [3.8, 4) is 0 Å². The van der Waals surface area contributed by atoms with Crippen LogP contribution in [-0.2, 0) is 21.2 Å². The van der Waals surface area contributed by atoms with E-state index in [2.05, 4.69) is 4.98 Å². The van der Waals surface area contributed by atoms with Gasteiger partial charge < -0.3 is 9.47 Å². The lowest BCUT2D eigenvalue weighted by atomic mass is 10.2. The molecule has 1 aliphatic rings. The Morgan fingerprint density at radius 3 is 2.46 bits per heavy atom. The van der Waals surface area contributed by atoms with Gasteiger partial charge in [-0.05, 0) is 25.0 Å². The second-order valence-electron chi connectivity index (χ2n) is 6.17. The number of para-hydroxylation sites is 2. The van der Waals surface area contributed by atoms with Crippen LogP contribution in [0, 0.1) is 0 Å². The zero-order valence-electron chi connectivity index (χ0n) is 13.9. The molecule has 130 valence electrons. The lowest BCUT2D eigenvalue weighted by molar-refractivity contribution is -0.131. The topological polar surface area (TPSA) is 72.3 Å². The summed E-state index contributed by atoms with van der Waals surface area (Å²) in [7, 11) is -3.49. The zero-order chi connectivity index (χ0) is 17.2. The van der Waals surface area contributed by atoms with Crippen molar-refractivity contribution in [1.82, 2.24) is 14.5 Å². The average molecular weight is 349 g/mol. The maximum Gasteiger partial charge on any atom is 0.242 e. The number of carbonyl (C=O) groups is 1. The van der Waals surface area contributed by atoms with Gasteiger partial charge in [0, 0.05) is 13.1 Å². The van der Waals surface area contributed by atoms with Crippen LogP contribution in [0.5, 0.6) is 0 Å². The van der Waals surface area contributed by atoms with Crippen molar-refractivity contribution in [2.75, 3.05) is 18.8 Å². The van der Waals surface area contributed by atoms with Gasteiger partial charge in [-0.1, -0.05) is 31.9 Å². The van der Waals surface area contributed by atoms with Gasteiger partial charge >= 0.3 is 0 Å². The molecule has 1 aliphatic heterocycles. The van der Waals surface area contributed by atoms with E-state index < -0.39 is 9.84 Å². The fraction of sp³-hybridized carbons (Fsp3) is 0.529. The fourth-order valence-electron chi connectivity index (χ4n) is 3.13. The molecule has 3 rings (SSSR count). The van der Waals surface area contributed by atoms with Gasteiger partial charge in [-0.3, -0.25) is 4.79 Å². The van der Waals surface area contributed by atoms with Crippen LogP contribution in [0.4, 0.5) is 0 Å². The van der Waals surface area contributed by atoms with Crippen LogP contribution in [0.3, 0.4) is 0 Å². The summed E-state index contributed by atoms with van der Waals surface area (Å²) in [5.41, 5.74) is 1.29. The van der Waals surface area contributed by atoms with Gasteiger partial charge in [-0.15, -0.1) is 0 Å². The summed E-state index contributed by atoms with van der Waals surface area (Å²) in [5.74, 6) is -0.0681. The van der Waals surface area contributed by atoms with Crippen molar-refractivity contribution >= 4 is 26.8 Å². The van der Waals surface area contributed by atoms with Gasteiger partial charge in [0.15, 0.2) is 0 Å². The van der Waals surface area contributed by atoms with Crippen molar-refractivity contribution in [3.05, 3.63) is 24.3 Å². The van der Waals surface area contributed by atoms with E-state index in [-0.39, 0.29) is 23.4 Å². The number of imidazole rings is 1. The summed E-state index contributed by atoms with van der Waals surface area (Å²) in [4.78, 5) is 18.8. The molecule has 1 saturated heterocycles. The van der Waals surface area contributed by atoms with Crippen LogP contribution < -0.4 is 0 Å². The summed E-state index contributed by atoms with van der Waals surface area (Å²) in [6.45, 7) is 3.12. The SMILES string of the molecule is CCS(=O)(=O)c1nc2ccccc2n1CC(=O)N1CCCCCC1. The summed E-state index contributed by atoms with van der Waals surface area (Å²) in [5, 5.41) is -0.00521. The molecule has 6 nitrogen and oxygen atoms in total. The van der Waals surface area contributed by atoms with E-state index in [1.807, 2.05) is 23.1 Å². The molecule has 0 spiro atoms. The average Bonchev–Trinajstić information content (AvgIpc) is 2.76. The smallest absolute Gasteiger partial charge is 0.242 e. The minimum atomic E-state index is -3.49. The molecule has 0 aliphatic carbocycles. The third-order valence-corrected chi connectivity index (χ3v) is 6.16. The van der Waals surface area contributed by atoms with Gasteiger partial charge in [0.05, 0.1) is 16.8 Å². The molecule has 0 atom stereocenters. The van der Waals surface area contributed by atoms with E-state index >= 15 is 0 Å². The number of sulfone groups is 1. The Morgan fingerprint density at radius 1 is 1.12 bits per heavy atom. The molecule has 0 saturated carbocycles. The molecule has 0 unspecified atom stereocenters. The molecule has 0 N–H and O–H groups in total. The fourth-order valence-corrected chi connectivity index (χ4v) is 4.12. The van der Waals surface area contributed by atoms with Gasteiger partial charge in [0.1, 0.15) is 6.54 Å². The van der Waals surface area contributed by atoms with Crippen LogP contribution >= 0.6 is 0 Å². The van der Waals surface area contributed by atoms with Crippen molar-refractivity contribution < 1.29 is 13.2 Å². The molecule has 0 bridgehead atoms. The van der Waals surface area contributed by atoms with Crippen LogP contribution in [0.15, 0.2) is 29.4 Å². The molecule has 1 amide bonds. The minimum Gasteiger partial charge on any atom is -0.341 e. The summed E-state index contributed by atoms with van der Waals surface area (Å²) in [6, 6.07) is 7.24. The number of aromatic nitrogens is 2. The monoisotopic (exact) mass is 349 g/mol. The number of likely N-dealkylation sites (tertiary alicyclic amines) is 1. The Bertz CT molecular complexity index is 834. The Hall–Kier alpha value is -1.89. The predicted molar refractivity (Wildman–Crippen MR) is 92.5 cm³/mol. The zero-order valence-corrected chi connectivity index (χ0v) is 14.8. The molecule has 1 aromatic heterocycles. The number of fused-ring (bicyclic) bond motifs is 1. The number of benzene rings is 1. The second-order valence-corrected chi connectivity index (χ2v) is 8.34. The highest BCUT2D eigenvalue weighted by Gasteiger charge is 2.25. The molecule has 7 heteroatoms. The van der Waals surface area contributed by atoms with E-state index in [1.165, 1.54) is 0 Å². The second kappa shape index (κ2) is 6.93. The Morgan fingerprint density at radius 2 is 1.79 bits per heavy atom. The lowest BCUT2D eigenvalue weighted by Gasteiger charge is -2.21. The van der Waals surface area contributed by atoms with Crippen LogP contribution in [0.1, 0.15) is 32.6 Å². The molecule has 2 heterocycles. The summed E-state index contributed by atoms with van der Waals surface area (Å²) in [6.07, 6.45) is 4.31. The number of rotatable bonds is 4. The molecular weight excluding hydrogens is 326 g/mol. The van der Waals surface area contributed by atoms with Crippen LogP contribution in [0.25, 0.3) is 11.0 Å². The largest absolute Gasteiger partial charge is 0.341 e. The van der Waals surface area contributed by atoms with Gasteiger partial charge in [0.2, 0.25) is 20.9 Å². The first-order valence-corrected chi connectivity index (χ1v) is 10.1. The third kappa shape index (κ3) is 3.31.